The second-order valence-corrected chi connectivity index (χ2v) is 16.7. The summed E-state index contributed by atoms with van der Waals surface area (Å²) in [6.45, 7) is -7.34. The van der Waals surface area contributed by atoms with Gasteiger partial charge in [-0.1, -0.05) is 17.3 Å². The predicted molar refractivity (Wildman–Crippen MR) is 168 cm³/mol. The van der Waals surface area contributed by atoms with E-state index in [1.165, 1.54) is 12.7 Å². The smallest absolute Gasteiger partial charge is 0.382 e. The Morgan fingerprint density at radius 3 is 2.74 bits per heavy atom. The van der Waals surface area contributed by atoms with Gasteiger partial charge in [-0.2, -0.15) is 14.7 Å². The topological polar surface area (TPSA) is 238 Å². The zero-order chi connectivity index (χ0) is 32.2. The quantitative estimate of drug-likeness (QED) is 0.0862. The van der Waals surface area contributed by atoms with E-state index in [4.69, 9.17) is 42.3 Å². The molecule has 2 aliphatic rings. The maximum absolute atomic E-state index is 13.3. The van der Waals surface area contributed by atoms with Crippen molar-refractivity contribution in [3.05, 3.63) is 29.3 Å². The molecule has 1 aliphatic heterocycles. The third kappa shape index (κ3) is 5.85. The van der Waals surface area contributed by atoms with Crippen LogP contribution >= 0.6 is 25.5 Å². The number of anilines is 1. The number of imidazole rings is 2. The summed E-state index contributed by atoms with van der Waals surface area (Å²) >= 11 is 9.16. The average Bonchev–Trinajstić information content (AvgIpc) is 3.82. The predicted octanol–water partition coefficient (Wildman–Crippen LogP) is 1.42. The van der Waals surface area contributed by atoms with Crippen LogP contribution in [0.2, 0.25) is 0 Å². The molecule has 0 aromatic carbocycles. The van der Waals surface area contributed by atoms with E-state index >= 15 is 0 Å². The Morgan fingerprint density at radius 2 is 1.91 bits per heavy atom. The first-order valence-electron chi connectivity index (χ1n) is 13.9. The lowest BCUT2D eigenvalue weighted by molar-refractivity contribution is -0.0217. The molecule has 1 saturated carbocycles. The molecule has 5 aromatic heterocycles. The van der Waals surface area contributed by atoms with Gasteiger partial charge in [0.05, 0.1) is 38.6 Å². The number of terminal acetylenes is 1. The van der Waals surface area contributed by atoms with Gasteiger partial charge in [0.2, 0.25) is 0 Å². The van der Waals surface area contributed by atoms with Gasteiger partial charge in [-0.25, -0.2) is 24.5 Å². The molecule has 7 atom stereocenters. The lowest BCUT2D eigenvalue weighted by Crippen LogP contribution is -2.43. The van der Waals surface area contributed by atoms with Gasteiger partial charge in [0.25, 0.3) is 12.3 Å². The fourth-order valence-corrected chi connectivity index (χ4v) is 7.57. The summed E-state index contributed by atoms with van der Waals surface area (Å²) in [6, 6.07) is -0.308. The minimum absolute atomic E-state index is 0.0350. The third-order valence-electron chi connectivity index (χ3n) is 8.13. The highest BCUT2D eigenvalue weighted by atomic mass is 32.7. The van der Waals surface area contributed by atoms with Gasteiger partial charge in [-0.3, -0.25) is 13.9 Å². The molecule has 4 N–H and O–H groups in total. The van der Waals surface area contributed by atoms with Crippen molar-refractivity contribution in [3.8, 4) is 12.1 Å². The Balaban J connectivity index is 1.02. The van der Waals surface area contributed by atoms with E-state index in [0.717, 1.165) is 4.52 Å². The first kappa shape index (κ1) is 31.3. The standard InChI is InChI=1S/C23H26N12O7P2S2/c1-2-43(37,45)39-6-12-5-15(33-10-28-18-21(33)29-23-30-31-32-35(23)22(18)36)14(12)8-41-44(38,46)40-7-13-3-4-16(42-13)34-11-27-17-19(24)25-9-26-20(17)34/h1,9-16H,3-8H2,(H,37,45)(H,38,46)(H2,24,25,26)(H,29,30,32)/t12-,13+,14-,15-,16-,43?,44?/m1/s1. The number of tetrazole rings is 1. The number of nitrogen functional groups attached to an aromatic ring is 1. The van der Waals surface area contributed by atoms with Gasteiger partial charge in [-0.05, 0) is 47.9 Å². The third-order valence-corrected chi connectivity index (χ3v) is 11.2. The SMILES string of the molecule is C#CP(O)(=S)OC[C@H]1C[C@@H](n2cnc3c(=O)n4[nH]nnc4nc32)[C@@H]1COP(=O)(S)OC[C@@H]1CC[C@H](n2cnc3c(N)ncnc32)O1. The van der Waals surface area contributed by atoms with E-state index in [1.54, 1.807) is 15.5 Å². The Bertz CT molecular complexity index is 2150. The molecular formula is C23H26N12O7P2S2. The molecule has 0 bridgehead atoms. The van der Waals surface area contributed by atoms with Gasteiger partial charge in [0, 0.05) is 12.0 Å². The maximum atomic E-state index is 13.3. The number of ether oxygens (including phenoxy) is 1. The van der Waals surface area contributed by atoms with Crippen molar-refractivity contribution in [1.82, 2.24) is 54.1 Å². The van der Waals surface area contributed by atoms with Crippen LogP contribution in [0.5, 0.6) is 0 Å². The highest BCUT2D eigenvalue weighted by molar-refractivity contribution is 8.44. The fraction of sp³-hybridized carbons (Fsp3) is 0.478. The number of nitrogens with one attached hydrogen (secondary N) is 1. The Kier molecular flexibility index (Phi) is 8.20. The summed E-state index contributed by atoms with van der Waals surface area (Å²) in [4.78, 5) is 44.1. The molecule has 0 radical (unpaired) electrons. The van der Waals surface area contributed by atoms with Crippen LogP contribution in [0.15, 0.2) is 23.8 Å². The molecule has 19 nitrogen and oxygen atoms in total. The van der Waals surface area contributed by atoms with Gasteiger partial charge < -0.3 is 29.0 Å². The minimum atomic E-state index is -3.87. The number of aromatic nitrogens is 11. The second-order valence-electron chi connectivity index (χ2n) is 10.8. The second kappa shape index (κ2) is 12.0. The number of hydrogen-bond acceptors (Lipinski definition) is 15. The van der Waals surface area contributed by atoms with Crippen LogP contribution < -0.4 is 11.3 Å². The number of thiol groups is 1. The number of fused-ring (bicyclic) bond motifs is 3. The summed E-state index contributed by atoms with van der Waals surface area (Å²) < 4.78 is 40.8. The van der Waals surface area contributed by atoms with E-state index in [1.807, 2.05) is 0 Å². The Hall–Kier alpha value is -3.31. The van der Waals surface area contributed by atoms with Crippen molar-refractivity contribution in [3.63, 3.8) is 0 Å². The van der Waals surface area contributed by atoms with Crippen LogP contribution in [0.25, 0.3) is 28.1 Å². The summed E-state index contributed by atoms with van der Waals surface area (Å²) in [5.41, 5.74) is 8.97. The van der Waals surface area contributed by atoms with E-state index in [9.17, 15) is 14.3 Å². The van der Waals surface area contributed by atoms with E-state index < -0.39 is 25.0 Å². The van der Waals surface area contributed by atoms with Crippen molar-refractivity contribution < 1.29 is 27.8 Å². The molecule has 1 saturated heterocycles. The highest BCUT2D eigenvalue weighted by Gasteiger charge is 2.45. The van der Waals surface area contributed by atoms with Crippen molar-refractivity contribution in [2.45, 2.75) is 37.6 Å². The zero-order valence-corrected chi connectivity index (χ0v) is 27.1. The number of hydrogen-bond donors (Lipinski definition) is 4. The Morgan fingerprint density at radius 1 is 1.13 bits per heavy atom. The number of nitrogens with zero attached hydrogens (tertiary/aromatic N) is 10. The first-order chi connectivity index (χ1) is 22.0. The van der Waals surface area contributed by atoms with Gasteiger partial charge in [0.1, 0.15) is 18.1 Å². The molecule has 2 unspecified atom stereocenters. The van der Waals surface area contributed by atoms with E-state index in [0.29, 0.717) is 36.1 Å². The fourth-order valence-electron chi connectivity index (χ4n) is 5.73. The van der Waals surface area contributed by atoms with Gasteiger partial charge in [-0.15, -0.1) is 6.42 Å². The molecular weight excluding hydrogens is 682 g/mol. The Labute approximate surface area is 269 Å². The van der Waals surface area contributed by atoms with Crippen molar-refractivity contribution in [2.75, 3.05) is 25.6 Å². The lowest BCUT2D eigenvalue weighted by Gasteiger charge is -2.45. The molecule has 46 heavy (non-hydrogen) atoms. The number of nitrogens with two attached hydrogens (primary N) is 1. The zero-order valence-electron chi connectivity index (χ0n) is 23.6. The van der Waals surface area contributed by atoms with Gasteiger partial charge in [0.15, 0.2) is 22.6 Å². The maximum Gasteiger partial charge on any atom is 0.386 e. The summed E-state index contributed by atoms with van der Waals surface area (Å²) in [5, 5.41) is 9.91. The van der Waals surface area contributed by atoms with E-state index in [2.05, 4.69) is 58.4 Å². The number of H-pyrrole nitrogens is 1. The van der Waals surface area contributed by atoms with Crippen molar-refractivity contribution in [2.24, 2.45) is 11.8 Å². The number of rotatable bonds is 11. The largest absolute Gasteiger partial charge is 0.386 e. The van der Waals surface area contributed by atoms with Crippen LogP contribution in [0, 0.1) is 23.9 Å². The van der Waals surface area contributed by atoms with Crippen LogP contribution in [0.1, 0.15) is 31.5 Å². The first-order valence-corrected chi connectivity index (χ1v) is 19.2. The highest BCUT2D eigenvalue weighted by Crippen LogP contribution is 2.56. The molecule has 242 valence electrons. The lowest BCUT2D eigenvalue weighted by atomic mass is 9.70. The van der Waals surface area contributed by atoms with Crippen LogP contribution in [0.4, 0.5) is 5.82 Å². The number of aromatic amines is 1. The molecule has 23 heteroatoms. The monoisotopic (exact) mass is 708 g/mol. The summed E-state index contributed by atoms with van der Waals surface area (Å²) in [5.74, 6) is -0.224. The molecule has 7 rings (SSSR count). The molecule has 5 aromatic rings. The van der Waals surface area contributed by atoms with E-state index in [-0.39, 0.29) is 61.0 Å². The van der Waals surface area contributed by atoms with Crippen molar-refractivity contribution in [1.29, 1.82) is 0 Å². The van der Waals surface area contributed by atoms with Crippen LogP contribution in [-0.2, 0) is 34.7 Å². The summed E-state index contributed by atoms with van der Waals surface area (Å²) in [7, 11) is 0. The van der Waals surface area contributed by atoms with Crippen LogP contribution in [-0.4, -0.2) is 84.9 Å². The van der Waals surface area contributed by atoms with Gasteiger partial charge >= 0.3 is 12.4 Å². The molecule has 2 fully saturated rings. The minimum Gasteiger partial charge on any atom is -0.382 e. The molecule has 1 aliphatic carbocycles. The molecule has 0 spiro atoms. The average molecular weight is 709 g/mol. The summed E-state index contributed by atoms with van der Waals surface area (Å²) in [6.07, 6.45) is 10.8. The molecule has 6 heterocycles. The molecule has 0 amide bonds. The van der Waals surface area contributed by atoms with Crippen molar-refractivity contribution >= 4 is 71.3 Å². The normalized spacial score (nSPS) is 25.8. The van der Waals surface area contributed by atoms with Crippen LogP contribution in [0.3, 0.4) is 0 Å².